The molecular weight excluding hydrogens is 302 g/mol. The summed E-state index contributed by atoms with van der Waals surface area (Å²) in [5, 5.41) is 11.5. The van der Waals surface area contributed by atoms with E-state index in [4.69, 9.17) is 19.3 Å². The average Bonchev–Trinajstić information content (AvgIpc) is 2.55. The number of amides is 1. The second-order valence-corrected chi connectivity index (χ2v) is 5.19. The number of hydrogen-bond acceptors (Lipinski definition) is 5. The van der Waals surface area contributed by atoms with Gasteiger partial charge >= 0.3 is 5.97 Å². The third-order valence-corrected chi connectivity index (χ3v) is 3.40. The molecule has 126 valence electrons. The predicted molar refractivity (Wildman–Crippen MR) is 81.3 cm³/mol. The van der Waals surface area contributed by atoms with Crippen molar-refractivity contribution in [2.75, 3.05) is 26.4 Å². The van der Waals surface area contributed by atoms with Crippen molar-refractivity contribution >= 4 is 11.9 Å². The number of nitrogens with one attached hydrogen (secondary N) is 1. The van der Waals surface area contributed by atoms with Crippen molar-refractivity contribution in [2.45, 2.75) is 25.0 Å². The molecule has 2 atom stereocenters. The zero-order chi connectivity index (χ0) is 16.5. The molecule has 1 heterocycles. The van der Waals surface area contributed by atoms with E-state index in [0.29, 0.717) is 25.4 Å². The molecule has 0 bridgehead atoms. The van der Waals surface area contributed by atoms with Crippen molar-refractivity contribution in [2.24, 2.45) is 0 Å². The Kier molecular flexibility index (Phi) is 6.83. The molecule has 1 saturated heterocycles. The highest BCUT2D eigenvalue weighted by Crippen LogP contribution is 2.12. The normalized spacial score (nSPS) is 20.7. The van der Waals surface area contributed by atoms with E-state index in [0.717, 1.165) is 0 Å². The van der Waals surface area contributed by atoms with E-state index < -0.39 is 5.97 Å². The molecule has 1 aromatic rings. The van der Waals surface area contributed by atoms with Gasteiger partial charge in [0.25, 0.3) is 0 Å². The molecule has 23 heavy (non-hydrogen) atoms. The third kappa shape index (κ3) is 6.25. The van der Waals surface area contributed by atoms with E-state index in [2.05, 4.69) is 5.32 Å². The molecule has 1 aliphatic rings. The van der Waals surface area contributed by atoms with E-state index in [9.17, 15) is 9.59 Å². The lowest BCUT2D eigenvalue weighted by molar-refractivity contribution is -0.148. The molecule has 2 N–H and O–H groups in total. The van der Waals surface area contributed by atoms with E-state index in [-0.39, 0.29) is 37.7 Å². The maximum absolute atomic E-state index is 12.0. The predicted octanol–water partition coefficient (Wildman–Crippen LogP) is 0.830. The minimum absolute atomic E-state index is 0.180. The van der Waals surface area contributed by atoms with Gasteiger partial charge in [0.1, 0.15) is 12.4 Å². The molecule has 0 spiro atoms. The van der Waals surface area contributed by atoms with Crippen LogP contribution in [0.1, 0.15) is 12.8 Å². The van der Waals surface area contributed by atoms with Gasteiger partial charge in [-0.15, -0.1) is 0 Å². The first-order valence-electron chi connectivity index (χ1n) is 7.53. The maximum atomic E-state index is 12.0. The minimum atomic E-state index is -1.03. The van der Waals surface area contributed by atoms with Gasteiger partial charge in [-0.2, -0.15) is 0 Å². The topological polar surface area (TPSA) is 94.1 Å². The van der Waals surface area contributed by atoms with Gasteiger partial charge in [0, 0.05) is 6.61 Å². The summed E-state index contributed by atoms with van der Waals surface area (Å²) >= 11 is 0. The van der Waals surface area contributed by atoms with Crippen LogP contribution in [0, 0.1) is 0 Å². The molecule has 1 amide bonds. The molecule has 1 aromatic carbocycles. The summed E-state index contributed by atoms with van der Waals surface area (Å²) in [7, 11) is 0. The third-order valence-electron chi connectivity index (χ3n) is 3.40. The van der Waals surface area contributed by atoms with Crippen LogP contribution in [-0.4, -0.2) is 55.6 Å². The first kappa shape index (κ1) is 17.2. The number of para-hydroxylation sites is 1. The summed E-state index contributed by atoms with van der Waals surface area (Å²) in [6.07, 6.45) is 0.411. The van der Waals surface area contributed by atoms with Gasteiger partial charge in [-0.1, -0.05) is 18.2 Å². The summed E-state index contributed by atoms with van der Waals surface area (Å²) in [5.74, 6) is -0.498. The van der Waals surface area contributed by atoms with Crippen molar-refractivity contribution in [3.8, 4) is 5.75 Å². The Balaban J connectivity index is 1.72. The first-order valence-corrected chi connectivity index (χ1v) is 7.53. The lowest BCUT2D eigenvalue weighted by atomic mass is 10.1. The van der Waals surface area contributed by atoms with Gasteiger partial charge in [-0.25, -0.2) is 4.79 Å². The number of aliphatic carboxylic acids is 1. The molecule has 0 aliphatic carbocycles. The van der Waals surface area contributed by atoms with Crippen molar-refractivity contribution in [1.82, 2.24) is 5.32 Å². The zero-order valence-electron chi connectivity index (χ0n) is 12.8. The Morgan fingerprint density at radius 3 is 2.83 bits per heavy atom. The Bertz CT molecular complexity index is 507. The highest BCUT2D eigenvalue weighted by molar-refractivity contribution is 5.76. The second-order valence-electron chi connectivity index (χ2n) is 5.19. The molecule has 1 aliphatic heterocycles. The number of carbonyl (C=O) groups excluding carboxylic acids is 1. The number of carbonyl (C=O) groups is 2. The standard InChI is InChI=1S/C16H21NO6/c18-15(7-9-22-12-4-2-1-3-5-12)17-13-10-21-8-6-14(13)23-11-16(19)20/h1-5,13-14H,6-11H2,(H,17,18)(H,19,20)/t13-,14+/m0/s1. The fourth-order valence-electron chi connectivity index (χ4n) is 2.29. The van der Waals surface area contributed by atoms with Crippen LogP contribution in [0.5, 0.6) is 5.75 Å². The van der Waals surface area contributed by atoms with Crippen LogP contribution in [0.2, 0.25) is 0 Å². The van der Waals surface area contributed by atoms with Crippen molar-refractivity contribution in [3.05, 3.63) is 30.3 Å². The smallest absolute Gasteiger partial charge is 0.329 e. The molecule has 2 rings (SSSR count). The number of carboxylic acids is 1. The number of rotatable bonds is 8. The van der Waals surface area contributed by atoms with Gasteiger partial charge in [-0.05, 0) is 18.6 Å². The Hall–Kier alpha value is -2.12. The highest BCUT2D eigenvalue weighted by Gasteiger charge is 2.28. The molecule has 0 radical (unpaired) electrons. The second kappa shape index (κ2) is 9.12. The molecule has 0 unspecified atom stereocenters. The highest BCUT2D eigenvalue weighted by atomic mass is 16.5. The zero-order valence-corrected chi connectivity index (χ0v) is 12.8. The molecule has 1 fully saturated rings. The van der Waals surface area contributed by atoms with E-state index in [1.807, 2.05) is 30.3 Å². The van der Waals surface area contributed by atoms with Gasteiger partial charge in [0.15, 0.2) is 0 Å². The van der Waals surface area contributed by atoms with Crippen LogP contribution in [0.3, 0.4) is 0 Å². The Labute approximate surface area is 134 Å². The van der Waals surface area contributed by atoms with Crippen LogP contribution >= 0.6 is 0 Å². The lowest BCUT2D eigenvalue weighted by Gasteiger charge is -2.31. The SMILES string of the molecule is O=C(O)CO[C@@H]1CCOC[C@@H]1NC(=O)CCOc1ccccc1. The summed E-state index contributed by atoms with van der Waals surface area (Å²) in [5.41, 5.74) is 0. The summed E-state index contributed by atoms with van der Waals surface area (Å²) < 4.78 is 16.1. The van der Waals surface area contributed by atoms with Crippen LogP contribution in [-0.2, 0) is 19.1 Å². The van der Waals surface area contributed by atoms with E-state index in [1.165, 1.54) is 0 Å². The summed E-state index contributed by atoms with van der Waals surface area (Å²) in [6.45, 7) is 0.696. The summed E-state index contributed by atoms with van der Waals surface area (Å²) in [6, 6.07) is 8.91. The number of hydrogen-bond donors (Lipinski definition) is 2. The Morgan fingerprint density at radius 2 is 2.09 bits per heavy atom. The van der Waals surface area contributed by atoms with Crippen molar-refractivity contribution in [1.29, 1.82) is 0 Å². The molecule has 0 saturated carbocycles. The average molecular weight is 323 g/mol. The van der Waals surface area contributed by atoms with Crippen LogP contribution in [0.4, 0.5) is 0 Å². The van der Waals surface area contributed by atoms with Gasteiger partial charge in [-0.3, -0.25) is 4.79 Å². The molecule has 7 nitrogen and oxygen atoms in total. The van der Waals surface area contributed by atoms with Crippen LogP contribution < -0.4 is 10.1 Å². The van der Waals surface area contributed by atoms with E-state index >= 15 is 0 Å². The van der Waals surface area contributed by atoms with Crippen LogP contribution in [0.25, 0.3) is 0 Å². The van der Waals surface area contributed by atoms with E-state index in [1.54, 1.807) is 0 Å². The number of carboxylic acid groups (broad SMARTS) is 1. The van der Waals surface area contributed by atoms with Crippen molar-refractivity contribution < 1.29 is 28.9 Å². The monoisotopic (exact) mass is 323 g/mol. The molecule has 0 aromatic heterocycles. The quantitative estimate of drug-likeness (QED) is 0.736. The van der Waals surface area contributed by atoms with Gasteiger partial charge < -0.3 is 24.6 Å². The number of ether oxygens (including phenoxy) is 3. The molecule has 7 heteroatoms. The van der Waals surface area contributed by atoms with Crippen molar-refractivity contribution in [3.63, 3.8) is 0 Å². The van der Waals surface area contributed by atoms with Gasteiger partial charge in [0.05, 0.1) is 31.8 Å². The van der Waals surface area contributed by atoms with Crippen LogP contribution in [0.15, 0.2) is 30.3 Å². The minimum Gasteiger partial charge on any atom is -0.493 e. The summed E-state index contributed by atoms with van der Waals surface area (Å²) in [4.78, 5) is 22.6. The fraction of sp³-hybridized carbons (Fsp3) is 0.500. The lowest BCUT2D eigenvalue weighted by Crippen LogP contribution is -2.51. The maximum Gasteiger partial charge on any atom is 0.329 e. The first-order chi connectivity index (χ1) is 11.1. The number of benzene rings is 1. The van der Waals surface area contributed by atoms with Gasteiger partial charge in [0.2, 0.25) is 5.91 Å². The Morgan fingerprint density at radius 1 is 1.30 bits per heavy atom. The largest absolute Gasteiger partial charge is 0.493 e. The fourth-order valence-corrected chi connectivity index (χ4v) is 2.29. The molecular formula is C16H21NO6.